The van der Waals surface area contributed by atoms with Crippen molar-refractivity contribution < 1.29 is 4.79 Å². The first-order valence-corrected chi connectivity index (χ1v) is 6.28. The van der Waals surface area contributed by atoms with E-state index in [2.05, 4.69) is 28.1 Å². The maximum Gasteiger partial charge on any atom is 0.132 e. The number of ketones is 1. The van der Waals surface area contributed by atoms with Crippen LogP contribution in [0.2, 0.25) is 0 Å². The number of carbonyl (C=O) groups is 1. The van der Waals surface area contributed by atoms with Gasteiger partial charge in [-0.15, -0.1) is 0 Å². The van der Waals surface area contributed by atoms with E-state index in [1.54, 1.807) is 0 Å². The van der Waals surface area contributed by atoms with Gasteiger partial charge < -0.3 is 0 Å². The van der Waals surface area contributed by atoms with Gasteiger partial charge in [0, 0.05) is 17.3 Å². The molecule has 1 nitrogen and oxygen atoms in total. The molecule has 0 radical (unpaired) electrons. The lowest BCUT2D eigenvalue weighted by molar-refractivity contribution is -0.119. The van der Waals surface area contributed by atoms with Gasteiger partial charge in [0.25, 0.3) is 0 Å². The Hall–Kier alpha value is -0.630. The molecule has 0 spiro atoms. The Labute approximate surface area is 100 Å². The highest BCUT2D eigenvalue weighted by Gasteiger charge is 2.00. The largest absolute Gasteiger partial charge is 0.300 e. The number of carbonyl (C=O) groups excluding carboxylic acids is 1. The summed E-state index contributed by atoms with van der Waals surface area (Å²) < 4.78 is 1.10. The quantitative estimate of drug-likeness (QED) is 0.758. The molecule has 2 heteroatoms. The van der Waals surface area contributed by atoms with Crippen LogP contribution in [0.25, 0.3) is 0 Å². The van der Waals surface area contributed by atoms with E-state index in [4.69, 9.17) is 0 Å². The first-order valence-electron chi connectivity index (χ1n) is 5.48. The summed E-state index contributed by atoms with van der Waals surface area (Å²) in [5, 5.41) is 0. The van der Waals surface area contributed by atoms with Crippen LogP contribution in [-0.2, 0) is 11.2 Å². The van der Waals surface area contributed by atoms with Crippen molar-refractivity contribution >= 4 is 21.7 Å². The lowest BCUT2D eigenvalue weighted by atomic mass is 10.1. The van der Waals surface area contributed by atoms with Crippen molar-refractivity contribution in [1.82, 2.24) is 0 Å². The molecule has 1 rings (SSSR count). The van der Waals surface area contributed by atoms with Crippen molar-refractivity contribution in [2.24, 2.45) is 0 Å². The second-order valence-electron chi connectivity index (χ2n) is 3.77. The molecule has 0 aliphatic carbocycles. The van der Waals surface area contributed by atoms with Crippen molar-refractivity contribution in [3.63, 3.8) is 0 Å². The minimum atomic E-state index is 0.398. The molecule has 0 amide bonds. The molecule has 0 atom stereocenters. The number of rotatable bonds is 6. The molecule has 0 N–H and O–H groups in total. The van der Waals surface area contributed by atoms with Crippen LogP contribution in [0.15, 0.2) is 28.7 Å². The average molecular weight is 269 g/mol. The summed E-state index contributed by atoms with van der Waals surface area (Å²) in [5.41, 5.74) is 1.31. The van der Waals surface area contributed by atoms with Gasteiger partial charge in [-0.2, -0.15) is 0 Å². The molecule has 0 aromatic heterocycles. The second kappa shape index (κ2) is 6.78. The molecule has 1 aromatic carbocycles. The summed E-state index contributed by atoms with van der Waals surface area (Å²) >= 11 is 3.40. The fourth-order valence-electron chi connectivity index (χ4n) is 1.54. The summed E-state index contributed by atoms with van der Waals surface area (Å²) in [7, 11) is 0. The van der Waals surface area contributed by atoms with Gasteiger partial charge in [0.1, 0.15) is 5.78 Å². The number of aryl methyl sites for hydroxylation is 1. The van der Waals surface area contributed by atoms with Crippen LogP contribution in [0.1, 0.15) is 38.2 Å². The van der Waals surface area contributed by atoms with E-state index < -0.39 is 0 Å². The lowest BCUT2D eigenvalue weighted by Crippen LogP contribution is -1.97. The molecule has 15 heavy (non-hydrogen) atoms. The summed E-state index contributed by atoms with van der Waals surface area (Å²) in [6, 6.07) is 8.30. The zero-order chi connectivity index (χ0) is 11.1. The number of halogens is 1. The third-order valence-electron chi connectivity index (χ3n) is 2.36. The van der Waals surface area contributed by atoms with Crippen molar-refractivity contribution in [1.29, 1.82) is 0 Å². The second-order valence-corrected chi connectivity index (χ2v) is 4.68. The van der Waals surface area contributed by atoms with Gasteiger partial charge in [-0.05, 0) is 37.0 Å². The first kappa shape index (κ1) is 12.4. The first-order chi connectivity index (χ1) is 7.22. The number of hydrogen-bond donors (Lipinski definition) is 0. The Morgan fingerprint density at radius 1 is 1.20 bits per heavy atom. The Morgan fingerprint density at radius 3 is 2.47 bits per heavy atom. The summed E-state index contributed by atoms with van der Waals surface area (Å²) in [6.45, 7) is 2.05. The SMILES string of the molecule is CCCC(=O)CCCc1ccc(Br)cc1. The predicted molar refractivity (Wildman–Crippen MR) is 67.0 cm³/mol. The van der Waals surface area contributed by atoms with Crippen LogP contribution in [0.5, 0.6) is 0 Å². The number of hydrogen-bond acceptors (Lipinski definition) is 1. The molecule has 0 unspecified atom stereocenters. The van der Waals surface area contributed by atoms with Gasteiger partial charge in [-0.1, -0.05) is 35.0 Å². The molecule has 0 fully saturated rings. The Kier molecular flexibility index (Phi) is 5.62. The zero-order valence-electron chi connectivity index (χ0n) is 9.13. The summed E-state index contributed by atoms with van der Waals surface area (Å²) in [4.78, 5) is 11.3. The summed E-state index contributed by atoms with van der Waals surface area (Å²) in [6.07, 6.45) is 4.41. The topological polar surface area (TPSA) is 17.1 Å². The maximum absolute atomic E-state index is 11.3. The van der Waals surface area contributed by atoms with E-state index in [1.165, 1.54) is 5.56 Å². The van der Waals surface area contributed by atoms with E-state index in [9.17, 15) is 4.79 Å². The van der Waals surface area contributed by atoms with Crippen LogP contribution in [0, 0.1) is 0 Å². The van der Waals surface area contributed by atoms with E-state index in [1.807, 2.05) is 19.1 Å². The minimum absolute atomic E-state index is 0.398. The fraction of sp³-hybridized carbons (Fsp3) is 0.462. The zero-order valence-corrected chi connectivity index (χ0v) is 10.7. The monoisotopic (exact) mass is 268 g/mol. The number of benzene rings is 1. The highest BCUT2D eigenvalue weighted by molar-refractivity contribution is 9.10. The molecule has 0 heterocycles. The van der Waals surface area contributed by atoms with Gasteiger partial charge in [0.05, 0.1) is 0 Å². The molecule has 0 bridgehead atoms. The van der Waals surface area contributed by atoms with E-state index in [0.717, 1.165) is 36.6 Å². The normalized spacial score (nSPS) is 10.3. The van der Waals surface area contributed by atoms with Crippen LogP contribution in [0.3, 0.4) is 0 Å². The molecule has 0 saturated heterocycles. The fourth-order valence-corrected chi connectivity index (χ4v) is 1.81. The molecule has 1 aromatic rings. The van der Waals surface area contributed by atoms with Crippen molar-refractivity contribution in [2.45, 2.75) is 39.0 Å². The van der Waals surface area contributed by atoms with Crippen LogP contribution in [0.4, 0.5) is 0 Å². The van der Waals surface area contributed by atoms with Gasteiger partial charge in [-0.3, -0.25) is 4.79 Å². The van der Waals surface area contributed by atoms with Gasteiger partial charge >= 0.3 is 0 Å². The van der Waals surface area contributed by atoms with Crippen molar-refractivity contribution in [3.05, 3.63) is 34.3 Å². The Bertz CT molecular complexity index is 303. The maximum atomic E-state index is 11.3. The predicted octanol–water partition coefficient (Wildman–Crippen LogP) is 4.14. The Balaban J connectivity index is 2.26. The van der Waals surface area contributed by atoms with E-state index in [-0.39, 0.29) is 0 Å². The van der Waals surface area contributed by atoms with Gasteiger partial charge in [0.2, 0.25) is 0 Å². The van der Waals surface area contributed by atoms with E-state index >= 15 is 0 Å². The van der Waals surface area contributed by atoms with Crippen LogP contribution in [-0.4, -0.2) is 5.78 Å². The molecular weight excluding hydrogens is 252 g/mol. The third-order valence-corrected chi connectivity index (χ3v) is 2.89. The third kappa shape index (κ3) is 5.12. The van der Waals surface area contributed by atoms with Gasteiger partial charge in [-0.25, -0.2) is 0 Å². The molecule has 0 aliphatic rings. The van der Waals surface area contributed by atoms with Gasteiger partial charge in [0.15, 0.2) is 0 Å². The highest BCUT2D eigenvalue weighted by atomic mass is 79.9. The smallest absolute Gasteiger partial charge is 0.132 e. The minimum Gasteiger partial charge on any atom is -0.300 e. The van der Waals surface area contributed by atoms with E-state index in [0.29, 0.717) is 5.78 Å². The molecule has 82 valence electrons. The average Bonchev–Trinajstić information content (AvgIpc) is 2.21. The molecule has 0 saturated carbocycles. The van der Waals surface area contributed by atoms with Crippen molar-refractivity contribution in [2.75, 3.05) is 0 Å². The highest BCUT2D eigenvalue weighted by Crippen LogP contribution is 2.12. The molecular formula is C13H17BrO. The Morgan fingerprint density at radius 2 is 1.87 bits per heavy atom. The van der Waals surface area contributed by atoms with Crippen molar-refractivity contribution in [3.8, 4) is 0 Å². The summed E-state index contributed by atoms with van der Waals surface area (Å²) in [5.74, 6) is 0.398. The standard InChI is InChI=1S/C13H17BrO/c1-2-4-13(15)6-3-5-11-7-9-12(14)10-8-11/h7-10H,2-6H2,1H3. The number of Topliss-reactive ketones (excluding diaryl/α,β-unsaturated/α-hetero) is 1. The van der Waals surface area contributed by atoms with Crippen LogP contribution >= 0.6 is 15.9 Å². The lowest BCUT2D eigenvalue weighted by Gasteiger charge is -2.01. The molecule has 0 aliphatic heterocycles. The van der Waals surface area contributed by atoms with Crippen LogP contribution < -0.4 is 0 Å².